The molecule has 24 heavy (non-hydrogen) atoms. The molecule has 0 aliphatic carbocycles. The second-order valence-electron chi connectivity index (χ2n) is 5.90. The summed E-state index contributed by atoms with van der Waals surface area (Å²) >= 11 is 0. The number of nitrogens with zero attached hydrogens (tertiary/aromatic N) is 1. The lowest BCUT2D eigenvalue weighted by molar-refractivity contribution is -0.121. The Morgan fingerprint density at radius 2 is 1.92 bits per heavy atom. The van der Waals surface area contributed by atoms with Crippen molar-refractivity contribution in [1.29, 1.82) is 0 Å². The molecule has 1 aromatic carbocycles. The number of aliphatic imine (C=N–C) groups is 1. The van der Waals surface area contributed by atoms with Crippen molar-refractivity contribution in [3.05, 3.63) is 35.9 Å². The number of carbonyl (C=O) groups excluding carboxylic acids is 1. The van der Waals surface area contributed by atoms with Crippen LogP contribution in [0.4, 0.5) is 0 Å². The van der Waals surface area contributed by atoms with Crippen LogP contribution < -0.4 is 16.0 Å². The Morgan fingerprint density at radius 3 is 2.58 bits per heavy atom. The summed E-state index contributed by atoms with van der Waals surface area (Å²) in [7, 11) is 0. The third kappa shape index (κ3) is 9.18. The van der Waals surface area contributed by atoms with Crippen LogP contribution in [0.25, 0.3) is 0 Å². The molecule has 0 aliphatic rings. The van der Waals surface area contributed by atoms with Crippen LogP contribution in [0.3, 0.4) is 0 Å². The zero-order valence-corrected chi connectivity index (χ0v) is 15.3. The van der Waals surface area contributed by atoms with Gasteiger partial charge in [-0.05, 0) is 38.7 Å². The van der Waals surface area contributed by atoms with Gasteiger partial charge in [0.25, 0.3) is 0 Å². The second-order valence-corrected chi connectivity index (χ2v) is 5.90. The number of benzene rings is 1. The maximum Gasteiger partial charge on any atom is 0.221 e. The lowest BCUT2D eigenvalue weighted by Crippen LogP contribution is -2.40. The van der Waals surface area contributed by atoms with E-state index < -0.39 is 0 Å². The van der Waals surface area contributed by atoms with Gasteiger partial charge < -0.3 is 16.0 Å². The number of nitrogens with one attached hydrogen (secondary N) is 3. The van der Waals surface area contributed by atoms with Gasteiger partial charge in [0.05, 0.1) is 0 Å². The van der Waals surface area contributed by atoms with Gasteiger partial charge in [-0.15, -0.1) is 0 Å². The Balaban J connectivity index is 2.28. The van der Waals surface area contributed by atoms with Gasteiger partial charge in [-0.1, -0.05) is 37.3 Å². The number of hydrogen-bond acceptors (Lipinski definition) is 2. The molecule has 5 nitrogen and oxygen atoms in total. The first kappa shape index (κ1) is 20.0. The summed E-state index contributed by atoms with van der Waals surface area (Å²) in [6, 6.07) is 10.7. The topological polar surface area (TPSA) is 65.5 Å². The van der Waals surface area contributed by atoms with Crippen molar-refractivity contribution < 1.29 is 4.79 Å². The number of guanidine groups is 1. The highest BCUT2D eigenvalue weighted by atomic mass is 16.1. The van der Waals surface area contributed by atoms with E-state index in [0.717, 1.165) is 38.3 Å². The van der Waals surface area contributed by atoms with Crippen LogP contribution in [0.5, 0.6) is 0 Å². The van der Waals surface area contributed by atoms with E-state index in [1.807, 2.05) is 19.9 Å². The predicted octanol–water partition coefficient (Wildman–Crippen LogP) is 2.48. The minimum absolute atomic E-state index is 0.0803. The fraction of sp³-hybridized carbons (Fsp3) is 0.579. The molecular weight excluding hydrogens is 300 g/mol. The van der Waals surface area contributed by atoms with E-state index in [0.29, 0.717) is 13.0 Å². The Labute approximate surface area is 146 Å². The van der Waals surface area contributed by atoms with E-state index >= 15 is 0 Å². The predicted molar refractivity (Wildman–Crippen MR) is 101 cm³/mol. The van der Waals surface area contributed by atoms with E-state index in [4.69, 9.17) is 0 Å². The lowest BCUT2D eigenvalue weighted by Gasteiger charge is -2.13. The van der Waals surface area contributed by atoms with Gasteiger partial charge in [0.15, 0.2) is 5.96 Å². The van der Waals surface area contributed by atoms with E-state index in [-0.39, 0.29) is 11.9 Å². The summed E-state index contributed by atoms with van der Waals surface area (Å²) in [5.74, 6) is 0.860. The summed E-state index contributed by atoms with van der Waals surface area (Å²) in [4.78, 5) is 16.3. The summed E-state index contributed by atoms with van der Waals surface area (Å²) < 4.78 is 0. The third-order valence-corrected chi connectivity index (χ3v) is 3.74. The average molecular weight is 332 g/mol. The fourth-order valence-corrected chi connectivity index (χ4v) is 2.20. The normalized spacial score (nSPS) is 12.5. The molecule has 0 fully saturated rings. The molecule has 0 bridgehead atoms. The zero-order chi connectivity index (χ0) is 17.6. The number of aryl methyl sites for hydroxylation is 1. The fourth-order valence-electron chi connectivity index (χ4n) is 2.20. The second kappa shape index (κ2) is 12.4. The molecule has 1 amide bonds. The largest absolute Gasteiger partial charge is 0.357 e. The minimum Gasteiger partial charge on any atom is -0.357 e. The molecule has 0 aliphatic heterocycles. The summed E-state index contributed by atoms with van der Waals surface area (Å²) in [6.07, 6.45) is 3.44. The highest BCUT2D eigenvalue weighted by molar-refractivity contribution is 5.81. The van der Waals surface area contributed by atoms with Crippen molar-refractivity contribution >= 4 is 11.9 Å². The summed E-state index contributed by atoms with van der Waals surface area (Å²) in [5, 5.41) is 9.40. The van der Waals surface area contributed by atoms with E-state index in [9.17, 15) is 4.79 Å². The molecule has 0 spiro atoms. The third-order valence-electron chi connectivity index (χ3n) is 3.74. The quantitative estimate of drug-likeness (QED) is 0.350. The molecular formula is C19H32N4O. The summed E-state index contributed by atoms with van der Waals surface area (Å²) in [6.45, 7) is 8.29. The van der Waals surface area contributed by atoms with E-state index in [1.54, 1.807) is 0 Å². The number of rotatable bonds is 10. The highest BCUT2D eigenvalue weighted by Gasteiger charge is 2.05. The summed E-state index contributed by atoms with van der Waals surface area (Å²) in [5.41, 5.74) is 1.34. The van der Waals surface area contributed by atoms with Gasteiger partial charge in [0, 0.05) is 32.1 Å². The van der Waals surface area contributed by atoms with Crippen molar-refractivity contribution in [3.63, 3.8) is 0 Å². The van der Waals surface area contributed by atoms with Gasteiger partial charge in [-0.2, -0.15) is 0 Å². The van der Waals surface area contributed by atoms with Crippen molar-refractivity contribution in [3.8, 4) is 0 Å². The van der Waals surface area contributed by atoms with Gasteiger partial charge in [-0.3, -0.25) is 9.79 Å². The van der Waals surface area contributed by atoms with E-state index in [1.165, 1.54) is 5.56 Å². The molecule has 3 N–H and O–H groups in total. The molecule has 1 unspecified atom stereocenters. The molecule has 0 saturated heterocycles. The van der Waals surface area contributed by atoms with Crippen LogP contribution >= 0.6 is 0 Å². The lowest BCUT2D eigenvalue weighted by atomic mass is 10.1. The van der Waals surface area contributed by atoms with Crippen LogP contribution in [0.1, 0.15) is 45.6 Å². The van der Waals surface area contributed by atoms with Crippen molar-refractivity contribution in [2.75, 3.05) is 19.6 Å². The number of carbonyl (C=O) groups is 1. The monoisotopic (exact) mass is 332 g/mol. The first-order valence-electron chi connectivity index (χ1n) is 9.01. The number of hydrogen-bond donors (Lipinski definition) is 3. The van der Waals surface area contributed by atoms with Crippen molar-refractivity contribution in [2.24, 2.45) is 4.99 Å². The maximum atomic E-state index is 11.8. The minimum atomic E-state index is 0.0803. The van der Waals surface area contributed by atoms with E-state index in [2.05, 4.69) is 52.1 Å². The molecule has 0 saturated carbocycles. The standard InChI is InChI=1S/C19H32N4O/c1-4-16(3)23-18(24)13-15-22-19(20-5-2)21-14-9-12-17-10-7-6-8-11-17/h6-8,10-11,16H,4-5,9,12-15H2,1-3H3,(H,23,24)(H2,20,21,22). The van der Waals surface area contributed by atoms with Crippen LogP contribution in [0, 0.1) is 0 Å². The van der Waals surface area contributed by atoms with Gasteiger partial charge in [-0.25, -0.2) is 0 Å². The molecule has 1 atom stereocenters. The first-order chi connectivity index (χ1) is 11.7. The smallest absolute Gasteiger partial charge is 0.221 e. The Hall–Kier alpha value is -2.04. The molecule has 5 heteroatoms. The van der Waals surface area contributed by atoms with Gasteiger partial charge in [0.1, 0.15) is 0 Å². The zero-order valence-electron chi connectivity index (χ0n) is 15.3. The van der Waals surface area contributed by atoms with Crippen LogP contribution in [-0.4, -0.2) is 37.5 Å². The molecule has 0 heterocycles. The first-order valence-corrected chi connectivity index (χ1v) is 9.01. The molecule has 1 aromatic rings. The van der Waals surface area contributed by atoms with Gasteiger partial charge >= 0.3 is 0 Å². The Bertz CT molecular complexity index is 487. The molecule has 134 valence electrons. The Kier molecular flexibility index (Phi) is 10.3. The van der Waals surface area contributed by atoms with Gasteiger partial charge in [0.2, 0.25) is 5.91 Å². The Morgan fingerprint density at radius 1 is 1.17 bits per heavy atom. The highest BCUT2D eigenvalue weighted by Crippen LogP contribution is 2.02. The SMILES string of the molecule is CCNC(=NCCCc1ccccc1)NCCC(=O)NC(C)CC. The molecule has 0 radical (unpaired) electrons. The number of amides is 1. The average Bonchev–Trinajstić information content (AvgIpc) is 2.59. The molecule has 1 rings (SSSR count). The molecule has 0 aromatic heterocycles. The van der Waals surface area contributed by atoms with Crippen molar-refractivity contribution in [2.45, 2.75) is 52.5 Å². The maximum absolute atomic E-state index is 11.8. The van der Waals surface area contributed by atoms with Crippen molar-refractivity contribution in [1.82, 2.24) is 16.0 Å². The van der Waals surface area contributed by atoms with Crippen LogP contribution in [0.2, 0.25) is 0 Å². The van der Waals surface area contributed by atoms with Crippen LogP contribution in [-0.2, 0) is 11.2 Å². The van der Waals surface area contributed by atoms with Crippen LogP contribution in [0.15, 0.2) is 35.3 Å².